The van der Waals surface area contributed by atoms with E-state index in [1.165, 1.54) is 21.8 Å². The lowest BCUT2D eigenvalue weighted by molar-refractivity contribution is -0.143. The molecule has 0 N–H and O–H groups in total. The van der Waals surface area contributed by atoms with Gasteiger partial charge in [-0.05, 0) is 101 Å². The summed E-state index contributed by atoms with van der Waals surface area (Å²) in [6.07, 6.45) is 5.80. The number of rotatable bonds is 5. The highest BCUT2D eigenvalue weighted by Crippen LogP contribution is 2.38. The number of benzene rings is 1. The number of hydrogen-bond donors (Lipinski definition) is 0. The Hall–Kier alpha value is -3.71. The third kappa shape index (κ3) is 5.12. The van der Waals surface area contributed by atoms with Gasteiger partial charge in [0.1, 0.15) is 11.1 Å². The van der Waals surface area contributed by atoms with Gasteiger partial charge in [0.05, 0.1) is 33.5 Å². The lowest BCUT2D eigenvalue weighted by atomic mass is 9.96. The number of carbonyl (C=O) groups is 1. The van der Waals surface area contributed by atoms with Gasteiger partial charge in [0.25, 0.3) is 5.56 Å². The van der Waals surface area contributed by atoms with Gasteiger partial charge in [-0.1, -0.05) is 35.1 Å². The average Bonchev–Trinajstić information content (AvgIpc) is 3.57. The van der Waals surface area contributed by atoms with Crippen LogP contribution in [0.4, 0.5) is 0 Å². The SMILES string of the molecule is CC1=C(C(=O)OC(C)C)[C@@H](c2ccc(Cl)cc2)n2c(s/c(=C/c3cc(C)n(-c4sc5c(c4C#N)CCCC5)c3C)c2=O)=N1. The number of hydrogen-bond acceptors (Lipinski definition) is 7. The number of halogens is 1. The molecular formula is C33H31ClN4O3S2. The van der Waals surface area contributed by atoms with Gasteiger partial charge in [-0.2, -0.15) is 5.26 Å². The molecule has 43 heavy (non-hydrogen) atoms. The summed E-state index contributed by atoms with van der Waals surface area (Å²) < 4.78 is 9.83. The second-order valence-corrected chi connectivity index (χ2v) is 13.8. The summed E-state index contributed by atoms with van der Waals surface area (Å²) in [7, 11) is 0. The monoisotopic (exact) mass is 630 g/mol. The molecule has 7 nitrogen and oxygen atoms in total. The zero-order valence-corrected chi connectivity index (χ0v) is 27.0. The van der Waals surface area contributed by atoms with Crippen LogP contribution in [0.1, 0.15) is 78.2 Å². The summed E-state index contributed by atoms with van der Waals surface area (Å²) in [5.41, 5.74) is 6.18. The number of nitrogens with zero attached hydrogens (tertiary/aromatic N) is 4. The number of carbonyl (C=O) groups excluding carboxylic acids is 1. The molecule has 10 heteroatoms. The second-order valence-electron chi connectivity index (χ2n) is 11.3. The first-order valence-corrected chi connectivity index (χ1v) is 16.3. The van der Waals surface area contributed by atoms with Gasteiger partial charge < -0.3 is 9.30 Å². The lowest BCUT2D eigenvalue weighted by Gasteiger charge is -2.25. The van der Waals surface area contributed by atoms with E-state index in [0.29, 0.717) is 25.6 Å². The zero-order chi connectivity index (χ0) is 30.6. The number of aromatic nitrogens is 2. The smallest absolute Gasteiger partial charge is 0.338 e. The molecular weight excluding hydrogens is 600 g/mol. The first-order valence-electron chi connectivity index (χ1n) is 14.3. The Kier molecular flexibility index (Phi) is 7.80. The Balaban J connectivity index is 1.50. The molecule has 220 valence electrons. The van der Waals surface area contributed by atoms with Crippen molar-refractivity contribution in [3.63, 3.8) is 0 Å². The molecule has 6 rings (SSSR count). The number of aryl methyl sites for hydroxylation is 2. The molecule has 0 amide bonds. The normalized spacial score (nSPS) is 16.6. The maximum Gasteiger partial charge on any atom is 0.338 e. The number of nitriles is 1. The van der Waals surface area contributed by atoms with Crippen molar-refractivity contribution in [2.45, 2.75) is 72.4 Å². The van der Waals surface area contributed by atoms with Gasteiger partial charge in [-0.15, -0.1) is 11.3 Å². The van der Waals surface area contributed by atoms with Gasteiger partial charge in [0.2, 0.25) is 0 Å². The molecule has 0 saturated carbocycles. The van der Waals surface area contributed by atoms with Gasteiger partial charge in [-0.3, -0.25) is 9.36 Å². The van der Waals surface area contributed by atoms with E-state index < -0.39 is 12.0 Å². The first kappa shape index (κ1) is 29.4. The number of fused-ring (bicyclic) bond motifs is 2. The largest absolute Gasteiger partial charge is 0.459 e. The van der Waals surface area contributed by atoms with Crippen molar-refractivity contribution < 1.29 is 9.53 Å². The van der Waals surface area contributed by atoms with Crippen LogP contribution in [0, 0.1) is 25.2 Å². The molecule has 1 aliphatic carbocycles. The Morgan fingerprint density at radius 3 is 2.58 bits per heavy atom. The maximum absolute atomic E-state index is 14.1. The van der Waals surface area contributed by atoms with E-state index in [9.17, 15) is 14.9 Å². The van der Waals surface area contributed by atoms with Crippen LogP contribution in [0.3, 0.4) is 0 Å². The van der Waals surface area contributed by atoms with E-state index in [2.05, 4.69) is 16.7 Å². The van der Waals surface area contributed by atoms with Crippen LogP contribution in [-0.2, 0) is 22.4 Å². The molecule has 3 aromatic heterocycles. The molecule has 0 fully saturated rings. The third-order valence-corrected chi connectivity index (χ3v) is 10.5. The third-order valence-electron chi connectivity index (χ3n) is 7.99. The summed E-state index contributed by atoms with van der Waals surface area (Å²) in [5, 5.41) is 11.6. The predicted molar refractivity (Wildman–Crippen MR) is 171 cm³/mol. The van der Waals surface area contributed by atoms with Crippen molar-refractivity contribution in [1.82, 2.24) is 9.13 Å². The topological polar surface area (TPSA) is 89.4 Å². The summed E-state index contributed by atoms with van der Waals surface area (Å²) >= 11 is 9.19. The fourth-order valence-corrected chi connectivity index (χ4v) is 8.65. The van der Waals surface area contributed by atoms with Crippen LogP contribution in [-0.4, -0.2) is 21.2 Å². The van der Waals surface area contributed by atoms with E-state index >= 15 is 0 Å². The lowest BCUT2D eigenvalue weighted by Crippen LogP contribution is -2.40. The van der Waals surface area contributed by atoms with Gasteiger partial charge in [-0.25, -0.2) is 9.79 Å². The highest BCUT2D eigenvalue weighted by molar-refractivity contribution is 7.15. The number of allylic oxidation sites excluding steroid dienone is 1. The van der Waals surface area contributed by atoms with Crippen molar-refractivity contribution in [2.75, 3.05) is 0 Å². The molecule has 4 heterocycles. The van der Waals surface area contributed by atoms with Crippen LogP contribution in [0.25, 0.3) is 11.1 Å². The van der Waals surface area contributed by atoms with Crippen LogP contribution < -0.4 is 14.9 Å². The quantitative estimate of drug-likeness (QED) is 0.251. The molecule has 0 saturated heterocycles. The van der Waals surface area contributed by atoms with Gasteiger partial charge >= 0.3 is 5.97 Å². The van der Waals surface area contributed by atoms with Crippen molar-refractivity contribution in [3.8, 4) is 11.1 Å². The van der Waals surface area contributed by atoms with Crippen LogP contribution in [0.15, 0.2) is 51.4 Å². The standard InChI is InChI=1S/C33H31ClN4O3S2/c1-17(2)41-32(40)28-19(4)36-33-38(29(28)21-10-12-23(34)13-11-21)30(39)27(43-33)15-22-14-18(3)37(20(22)5)31-25(16-35)24-8-6-7-9-26(24)42-31/h10-15,17,29H,6-9H2,1-5H3/b27-15+/t29-/m1/s1. The summed E-state index contributed by atoms with van der Waals surface area (Å²) in [5.74, 6) is -0.499. The van der Waals surface area contributed by atoms with E-state index in [1.807, 2.05) is 32.1 Å². The summed E-state index contributed by atoms with van der Waals surface area (Å²) in [6, 6.07) is 11.0. The number of thiophene rings is 1. The van der Waals surface area contributed by atoms with E-state index in [1.54, 1.807) is 48.8 Å². The minimum absolute atomic E-state index is 0.236. The van der Waals surface area contributed by atoms with Gasteiger partial charge in [0.15, 0.2) is 4.80 Å². The Morgan fingerprint density at radius 1 is 1.16 bits per heavy atom. The van der Waals surface area contributed by atoms with Crippen molar-refractivity contribution in [3.05, 3.63) is 105 Å². The zero-order valence-electron chi connectivity index (χ0n) is 24.7. The Morgan fingerprint density at radius 2 is 1.88 bits per heavy atom. The van der Waals surface area contributed by atoms with Crippen LogP contribution in [0.5, 0.6) is 0 Å². The molecule has 1 atom stereocenters. The number of ether oxygens (including phenoxy) is 1. The summed E-state index contributed by atoms with van der Waals surface area (Å²) in [6.45, 7) is 9.42. The minimum atomic E-state index is -0.704. The Bertz CT molecular complexity index is 2030. The van der Waals surface area contributed by atoms with E-state index in [4.69, 9.17) is 21.3 Å². The molecule has 0 unspecified atom stereocenters. The van der Waals surface area contributed by atoms with Crippen LogP contribution in [0.2, 0.25) is 5.02 Å². The molecule has 0 bridgehead atoms. The van der Waals surface area contributed by atoms with Crippen LogP contribution >= 0.6 is 34.3 Å². The highest BCUT2D eigenvalue weighted by atomic mass is 35.5. The molecule has 2 aliphatic rings. The van der Waals surface area contributed by atoms with Crippen molar-refractivity contribution in [2.24, 2.45) is 4.99 Å². The number of esters is 1. The molecule has 0 radical (unpaired) electrons. The van der Waals surface area contributed by atoms with E-state index in [0.717, 1.165) is 58.8 Å². The average molecular weight is 631 g/mol. The fraction of sp³-hybridized carbons (Fsp3) is 0.333. The highest BCUT2D eigenvalue weighted by Gasteiger charge is 2.34. The van der Waals surface area contributed by atoms with Crippen molar-refractivity contribution >= 4 is 46.3 Å². The second kappa shape index (κ2) is 11.4. The van der Waals surface area contributed by atoms with E-state index in [-0.39, 0.29) is 11.7 Å². The summed E-state index contributed by atoms with van der Waals surface area (Å²) in [4.78, 5) is 34.0. The molecule has 4 aromatic rings. The predicted octanol–water partition coefficient (Wildman–Crippen LogP) is 6.06. The first-order chi connectivity index (χ1) is 20.6. The molecule has 0 spiro atoms. The maximum atomic E-state index is 14.1. The molecule has 1 aromatic carbocycles. The minimum Gasteiger partial charge on any atom is -0.459 e. The molecule has 1 aliphatic heterocycles. The Labute approximate surface area is 262 Å². The van der Waals surface area contributed by atoms with Gasteiger partial charge in [0, 0.05) is 21.3 Å². The van der Waals surface area contributed by atoms with Crippen molar-refractivity contribution in [1.29, 1.82) is 5.26 Å². The number of thiazole rings is 1. The fourth-order valence-electron chi connectivity index (χ4n) is 6.03.